The molecule has 0 spiro atoms. The number of nitrogens with one attached hydrogen (secondary N) is 1. The first-order chi connectivity index (χ1) is 6.60. The van der Waals surface area contributed by atoms with Crippen LogP contribution in [0.1, 0.15) is 15.9 Å². The molecule has 1 aromatic rings. The van der Waals surface area contributed by atoms with Crippen LogP contribution in [0.15, 0.2) is 11.1 Å². The fourth-order valence-electron chi connectivity index (χ4n) is 1.14. The second-order valence-electron chi connectivity index (χ2n) is 2.70. The second-order valence-corrected chi connectivity index (χ2v) is 3.08. The normalized spacial score (nSPS) is 9.64. The zero-order valence-electron chi connectivity index (χ0n) is 7.97. The van der Waals surface area contributed by atoms with E-state index in [0.717, 1.165) is 5.56 Å². The van der Waals surface area contributed by atoms with Crippen LogP contribution in [0.25, 0.3) is 0 Å². The lowest BCUT2D eigenvalue weighted by atomic mass is 10.1. The second kappa shape index (κ2) is 4.19. The van der Waals surface area contributed by atoms with Gasteiger partial charge in [0.1, 0.15) is 5.15 Å². The van der Waals surface area contributed by atoms with Crippen LogP contribution in [0.3, 0.4) is 0 Å². The number of aromatic nitrogens is 1. The maximum Gasteiger partial charge on any atom is 0.255 e. The van der Waals surface area contributed by atoms with Crippen LogP contribution in [-0.4, -0.2) is 24.7 Å². The van der Waals surface area contributed by atoms with E-state index in [1.54, 1.807) is 20.0 Å². The molecule has 1 rings (SSSR count). The van der Waals surface area contributed by atoms with Gasteiger partial charge >= 0.3 is 0 Å². The van der Waals surface area contributed by atoms with Crippen LogP contribution in [0.4, 0.5) is 5.82 Å². The number of nitrogens with zero attached hydrogens (tertiary/aromatic N) is 2. The smallest absolute Gasteiger partial charge is 0.255 e. The highest BCUT2D eigenvalue weighted by Gasteiger charge is 2.14. The molecule has 0 unspecified atom stereocenters. The summed E-state index contributed by atoms with van der Waals surface area (Å²) in [6, 6.07) is 1.61. The summed E-state index contributed by atoms with van der Waals surface area (Å²) in [5.41, 5.74) is 1.14. The van der Waals surface area contributed by atoms with Gasteiger partial charge in [0, 0.05) is 7.05 Å². The summed E-state index contributed by atoms with van der Waals surface area (Å²) in [5, 5.41) is 2.81. The molecular weight excluding hydrogens is 202 g/mol. The van der Waals surface area contributed by atoms with E-state index in [9.17, 15) is 4.79 Å². The molecule has 0 aliphatic heterocycles. The van der Waals surface area contributed by atoms with Gasteiger partial charge in [0.25, 0.3) is 5.91 Å². The molecule has 0 bridgehead atoms. The fourth-order valence-corrected chi connectivity index (χ4v) is 1.38. The zero-order valence-corrected chi connectivity index (χ0v) is 8.72. The van der Waals surface area contributed by atoms with Crippen molar-refractivity contribution in [2.24, 2.45) is 4.99 Å². The molecule has 0 saturated heterocycles. The third-order valence-electron chi connectivity index (χ3n) is 1.77. The number of amides is 1. The summed E-state index contributed by atoms with van der Waals surface area (Å²) in [6.45, 7) is 5.11. The van der Waals surface area contributed by atoms with Crippen molar-refractivity contribution in [2.75, 3.05) is 7.05 Å². The van der Waals surface area contributed by atoms with E-state index in [2.05, 4.69) is 22.0 Å². The van der Waals surface area contributed by atoms with Crippen LogP contribution in [0.5, 0.6) is 0 Å². The van der Waals surface area contributed by atoms with E-state index in [1.807, 2.05) is 0 Å². The minimum atomic E-state index is -0.242. The topological polar surface area (TPSA) is 54.4 Å². The number of carbonyl (C=O) groups is 1. The van der Waals surface area contributed by atoms with Crippen molar-refractivity contribution in [3.05, 3.63) is 22.3 Å². The van der Waals surface area contributed by atoms with Crippen molar-refractivity contribution in [3.63, 3.8) is 0 Å². The number of halogens is 1. The highest BCUT2D eigenvalue weighted by atomic mass is 35.5. The number of carbonyl (C=O) groups excluding carboxylic acids is 1. The van der Waals surface area contributed by atoms with Gasteiger partial charge in [0.2, 0.25) is 0 Å². The van der Waals surface area contributed by atoms with Crippen LogP contribution >= 0.6 is 11.6 Å². The number of aliphatic imine (C=N–C) groups is 1. The lowest BCUT2D eigenvalue weighted by Crippen LogP contribution is -2.19. The zero-order chi connectivity index (χ0) is 10.7. The van der Waals surface area contributed by atoms with E-state index in [4.69, 9.17) is 11.6 Å². The molecule has 4 nitrogen and oxygen atoms in total. The Morgan fingerprint density at radius 1 is 1.71 bits per heavy atom. The Morgan fingerprint density at radius 2 is 2.36 bits per heavy atom. The molecule has 1 N–H and O–H groups in total. The predicted molar refractivity (Wildman–Crippen MR) is 56.6 cm³/mol. The maximum absolute atomic E-state index is 11.4. The maximum atomic E-state index is 11.4. The average molecular weight is 212 g/mol. The lowest BCUT2D eigenvalue weighted by Gasteiger charge is -2.07. The monoisotopic (exact) mass is 211 g/mol. The fraction of sp³-hybridized carbons (Fsp3) is 0.222. The Hall–Kier alpha value is -1.42. The Bertz CT molecular complexity index is 390. The highest BCUT2D eigenvalue weighted by Crippen LogP contribution is 2.22. The quantitative estimate of drug-likeness (QED) is 0.599. The highest BCUT2D eigenvalue weighted by molar-refractivity contribution is 6.29. The van der Waals surface area contributed by atoms with E-state index >= 15 is 0 Å². The number of hydrogen-bond acceptors (Lipinski definition) is 3. The first-order valence-electron chi connectivity index (χ1n) is 3.96. The predicted octanol–water partition coefficient (Wildman–Crippen LogP) is 1.74. The van der Waals surface area contributed by atoms with Crippen LogP contribution in [0, 0.1) is 6.92 Å². The van der Waals surface area contributed by atoms with Gasteiger partial charge in [-0.05, 0) is 25.3 Å². The van der Waals surface area contributed by atoms with Crippen LogP contribution in [0.2, 0.25) is 5.15 Å². The van der Waals surface area contributed by atoms with E-state index in [-0.39, 0.29) is 11.7 Å². The summed E-state index contributed by atoms with van der Waals surface area (Å²) in [4.78, 5) is 19.0. The van der Waals surface area contributed by atoms with Crippen molar-refractivity contribution in [1.29, 1.82) is 0 Å². The van der Waals surface area contributed by atoms with E-state index < -0.39 is 0 Å². The van der Waals surface area contributed by atoms with Gasteiger partial charge in [-0.1, -0.05) is 11.6 Å². The summed E-state index contributed by atoms with van der Waals surface area (Å²) >= 11 is 5.72. The van der Waals surface area contributed by atoms with Gasteiger partial charge in [0.15, 0.2) is 5.82 Å². The lowest BCUT2D eigenvalue weighted by molar-refractivity contribution is 0.0963. The van der Waals surface area contributed by atoms with E-state index in [0.29, 0.717) is 10.7 Å². The summed E-state index contributed by atoms with van der Waals surface area (Å²) in [7, 11) is 1.54. The van der Waals surface area contributed by atoms with Crippen molar-refractivity contribution in [3.8, 4) is 0 Å². The molecule has 14 heavy (non-hydrogen) atoms. The Morgan fingerprint density at radius 3 is 2.86 bits per heavy atom. The van der Waals surface area contributed by atoms with Gasteiger partial charge < -0.3 is 5.32 Å². The first-order valence-corrected chi connectivity index (χ1v) is 4.34. The summed E-state index contributed by atoms with van der Waals surface area (Å²) in [5.74, 6) is 0.0171. The molecule has 5 heteroatoms. The minimum Gasteiger partial charge on any atom is -0.355 e. The third-order valence-corrected chi connectivity index (χ3v) is 1.96. The van der Waals surface area contributed by atoms with Crippen molar-refractivity contribution >= 4 is 30.0 Å². The first kappa shape index (κ1) is 10.7. The molecule has 0 fully saturated rings. The number of hydrogen-bond donors (Lipinski definition) is 1. The van der Waals surface area contributed by atoms with Gasteiger partial charge in [-0.25, -0.2) is 9.98 Å². The van der Waals surface area contributed by atoms with Crippen LogP contribution < -0.4 is 5.32 Å². The SMILES string of the molecule is C=Nc1nc(Cl)cc(C)c1C(=O)NC. The Balaban J connectivity index is 3.39. The largest absolute Gasteiger partial charge is 0.355 e. The standard InChI is InChI=1S/C9H10ClN3O/c1-5-4-6(10)13-8(11-2)7(5)9(14)12-3/h4H,2H2,1,3H3,(H,12,14). The van der Waals surface area contributed by atoms with Gasteiger partial charge in [-0.15, -0.1) is 0 Å². The summed E-state index contributed by atoms with van der Waals surface area (Å²) in [6.07, 6.45) is 0. The summed E-state index contributed by atoms with van der Waals surface area (Å²) < 4.78 is 0. The average Bonchev–Trinajstić information content (AvgIpc) is 2.15. The van der Waals surface area contributed by atoms with Crippen LogP contribution in [-0.2, 0) is 0 Å². The van der Waals surface area contributed by atoms with Crippen molar-refractivity contribution < 1.29 is 4.79 Å². The Kier molecular flexibility index (Phi) is 3.19. The Labute approximate surface area is 87.0 Å². The number of pyridine rings is 1. The number of rotatable bonds is 2. The molecule has 1 aromatic heterocycles. The number of aryl methyl sites for hydroxylation is 1. The molecule has 1 heterocycles. The van der Waals surface area contributed by atoms with Gasteiger partial charge in [0.05, 0.1) is 5.56 Å². The molecule has 0 aliphatic rings. The van der Waals surface area contributed by atoms with Crippen molar-refractivity contribution in [2.45, 2.75) is 6.92 Å². The molecule has 74 valence electrons. The molecular formula is C9H10ClN3O. The van der Waals surface area contributed by atoms with Crippen molar-refractivity contribution in [1.82, 2.24) is 10.3 Å². The van der Waals surface area contributed by atoms with E-state index in [1.165, 1.54) is 0 Å². The minimum absolute atomic E-state index is 0.242. The third kappa shape index (κ3) is 1.90. The molecule has 0 aromatic carbocycles. The van der Waals surface area contributed by atoms with Gasteiger partial charge in [-0.3, -0.25) is 4.79 Å². The molecule has 0 atom stereocenters. The molecule has 0 aliphatic carbocycles. The van der Waals surface area contributed by atoms with Gasteiger partial charge in [-0.2, -0.15) is 0 Å². The molecule has 0 radical (unpaired) electrons. The molecule has 1 amide bonds. The molecule has 0 saturated carbocycles.